The largest absolute Gasteiger partial charge is 0.320 e. The molecule has 1 aromatic heterocycles. The molecule has 2 aromatic carbocycles. The minimum atomic E-state index is -0.349. The van der Waals surface area contributed by atoms with Crippen LogP contribution in [0, 0.1) is 20.8 Å². The zero-order valence-electron chi connectivity index (χ0n) is 14.0. The summed E-state index contributed by atoms with van der Waals surface area (Å²) < 4.78 is 1.56. The van der Waals surface area contributed by atoms with E-state index in [0.717, 1.165) is 11.1 Å². The summed E-state index contributed by atoms with van der Waals surface area (Å²) in [6, 6.07) is 10.9. The van der Waals surface area contributed by atoms with E-state index >= 15 is 0 Å². The molecule has 128 valence electrons. The van der Waals surface area contributed by atoms with Crippen molar-refractivity contribution >= 4 is 34.8 Å². The summed E-state index contributed by atoms with van der Waals surface area (Å²) >= 11 is 12.3. The average Bonchev–Trinajstić information content (AvgIpc) is 2.95. The molecular formula is C18H16Cl2N4O. The van der Waals surface area contributed by atoms with Crippen molar-refractivity contribution in [3.63, 3.8) is 0 Å². The number of nitrogens with one attached hydrogen (secondary N) is 1. The van der Waals surface area contributed by atoms with Crippen LogP contribution in [0.25, 0.3) is 5.69 Å². The Balaban J connectivity index is 1.94. The van der Waals surface area contributed by atoms with E-state index in [9.17, 15) is 4.79 Å². The summed E-state index contributed by atoms with van der Waals surface area (Å²) in [7, 11) is 0. The lowest BCUT2D eigenvalue weighted by atomic mass is 10.2. The Morgan fingerprint density at radius 2 is 1.84 bits per heavy atom. The number of hydrogen-bond donors (Lipinski definition) is 1. The van der Waals surface area contributed by atoms with Crippen molar-refractivity contribution in [3.8, 4) is 5.69 Å². The number of halogens is 2. The summed E-state index contributed by atoms with van der Waals surface area (Å²) in [5.74, 6) is -0.349. The Hall–Kier alpha value is -2.37. The number of nitrogens with zero attached hydrogens (tertiary/aromatic N) is 3. The first-order valence-electron chi connectivity index (χ1n) is 7.63. The highest BCUT2D eigenvalue weighted by Crippen LogP contribution is 2.24. The SMILES string of the molecule is Cc1ccc(Cl)c(-n2nnc(C(=O)Nc3cc(Cl)ccc3C)c2C)c1. The minimum absolute atomic E-state index is 0.233. The molecule has 0 radical (unpaired) electrons. The Bertz CT molecular complexity index is 966. The van der Waals surface area contributed by atoms with Gasteiger partial charge >= 0.3 is 0 Å². The van der Waals surface area contributed by atoms with Crippen LogP contribution in [0.5, 0.6) is 0 Å². The number of benzene rings is 2. The molecule has 0 fully saturated rings. The molecule has 0 bridgehead atoms. The molecule has 3 rings (SSSR count). The van der Waals surface area contributed by atoms with Crippen LogP contribution in [-0.4, -0.2) is 20.9 Å². The van der Waals surface area contributed by atoms with Crippen molar-refractivity contribution < 1.29 is 4.79 Å². The summed E-state index contributed by atoms with van der Waals surface area (Å²) in [5, 5.41) is 12.0. The molecule has 0 aliphatic rings. The van der Waals surface area contributed by atoms with E-state index in [1.807, 2.05) is 32.0 Å². The average molecular weight is 375 g/mol. The number of hydrogen-bond acceptors (Lipinski definition) is 3. The Morgan fingerprint density at radius 3 is 2.60 bits per heavy atom. The number of rotatable bonds is 3. The predicted molar refractivity (Wildman–Crippen MR) is 100.0 cm³/mol. The van der Waals surface area contributed by atoms with Crippen molar-refractivity contribution in [1.29, 1.82) is 0 Å². The fourth-order valence-electron chi connectivity index (χ4n) is 2.46. The molecule has 0 saturated heterocycles. The van der Waals surface area contributed by atoms with E-state index in [1.165, 1.54) is 0 Å². The van der Waals surface area contributed by atoms with E-state index in [1.54, 1.807) is 29.8 Å². The Morgan fingerprint density at radius 1 is 1.08 bits per heavy atom. The van der Waals surface area contributed by atoms with Crippen molar-refractivity contribution in [2.75, 3.05) is 5.32 Å². The lowest BCUT2D eigenvalue weighted by Gasteiger charge is -2.09. The van der Waals surface area contributed by atoms with E-state index in [0.29, 0.717) is 27.1 Å². The van der Waals surface area contributed by atoms with E-state index in [4.69, 9.17) is 23.2 Å². The molecule has 0 saturated carbocycles. The highest BCUT2D eigenvalue weighted by atomic mass is 35.5. The third-order valence-electron chi connectivity index (χ3n) is 3.89. The molecule has 0 aliphatic heterocycles. The van der Waals surface area contributed by atoms with Gasteiger partial charge in [-0.3, -0.25) is 4.79 Å². The second-order valence-electron chi connectivity index (χ2n) is 5.80. The van der Waals surface area contributed by atoms with Gasteiger partial charge in [0, 0.05) is 10.7 Å². The highest BCUT2D eigenvalue weighted by molar-refractivity contribution is 6.32. The molecule has 1 heterocycles. The lowest BCUT2D eigenvalue weighted by molar-refractivity contribution is 0.102. The van der Waals surface area contributed by atoms with E-state index in [2.05, 4.69) is 15.6 Å². The molecule has 25 heavy (non-hydrogen) atoms. The maximum Gasteiger partial charge on any atom is 0.278 e. The minimum Gasteiger partial charge on any atom is -0.320 e. The van der Waals surface area contributed by atoms with Gasteiger partial charge in [0.25, 0.3) is 5.91 Å². The van der Waals surface area contributed by atoms with Gasteiger partial charge in [0.1, 0.15) is 0 Å². The van der Waals surface area contributed by atoms with Crippen molar-refractivity contribution in [1.82, 2.24) is 15.0 Å². The lowest BCUT2D eigenvalue weighted by Crippen LogP contribution is -2.15. The molecule has 7 heteroatoms. The number of carbonyl (C=O) groups is 1. The molecule has 0 aliphatic carbocycles. The van der Waals surface area contributed by atoms with E-state index < -0.39 is 0 Å². The third-order valence-corrected chi connectivity index (χ3v) is 4.44. The van der Waals surface area contributed by atoms with Gasteiger partial charge in [0.05, 0.1) is 16.4 Å². The number of aromatic nitrogens is 3. The topological polar surface area (TPSA) is 59.8 Å². The molecule has 0 spiro atoms. The standard InChI is InChI=1S/C18H16Cl2N4O/c1-10-4-7-14(20)16(8-10)24-12(3)17(22-23-24)18(25)21-15-9-13(19)6-5-11(15)2/h4-9H,1-3H3,(H,21,25). The van der Waals surface area contributed by atoms with Crippen LogP contribution >= 0.6 is 23.2 Å². The first kappa shape index (κ1) is 17.5. The van der Waals surface area contributed by atoms with E-state index in [-0.39, 0.29) is 11.6 Å². The van der Waals surface area contributed by atoms with Gasteiger partial charge in [-0.25, -0.2) is 4.68 Å². The molecule has 1 amide bonds. The van der Waals surface area contributed by atoms with Gasteiger partial charge in [-0.1, -0.05) is 40.5 Å². The predicted octanol–water partition coefficient (Wildman–Crippen LogP) is 4.75. The summed E-state index contributed by atoms with van der Waals surface area (Å²) in [5.41, 5.74) is 4.10. The summed E-state index contributed by atoms with van der Waals surface area (Å²) in [6.45, 7) is 5.63. The van der Waals surface area contributed by atoms with Gasteiger partial charge in [0.2, 0.25) is 0 Å². The zero-order valence-corrected chi connectivity index (χ0v) is 15.5. The number of anilines is 1. The van der Waals surface area contributed by atoms with Gasteiger partial charge in [-0.15, -0.1) is 5.10 Å². The monoisotopic (exact) mass is 374 g/mol. The first-order valence-corrected chi connectivity index (χ1v) is 8.38. The fourth-order valence-corrected chi connectivity index (χ4v) is 2.83. The number of amides is 1. The van der Waals surface area contributed by atoms with Crippen LogP contribution in [0.2, 0.25) is 10.0 Å². The fraction of sp³-hybridized carbons (Fsp3) is 0.167. The summed E-state index contributed by atoms with van der Waals surface area (Å²) in [6.07, 6.45) is 0. The molecule has 0 unspecified atom stereocenters. The van der Waals surface area contributed by atoms with Crippen LogP contribution < -0.4 is 5.32 Å². The first-order chi connectivity index (χ1) is 11.9. The maximum atomic E-state index is 12.6. The normalized spacial score (nSPS) is 10.8. The third kappa shape index (κ3) is 3.52. The maximum absolute atomic E-state index is 12.6. The molecule has 1 N–H and O–H groups in total. The second-order valence-corrected chi connectivity index (χ2v) is 6.65. The van der Waals surface area contributed by atoms with Crippen LogP contribution in [0.1, 0.15) is 27.3 Å². The quantitative estimate of drug-likeness (QED) is 0.719. The van der Waals surface area contributed by atoms with Gasteiger partial charge in [-0.05, 0) is 56.2 Å². The molecule has 3 aromatic rings. The zero-order chi connectivity index (χ0) is 18.1. The molecular weight excluding hydrogens is 359 g/mol. The second kappa shape index (κ2) is 6.86. The number of carbonyl (C=O) groups excluding carboxylic acids is 1. The van der Waals surface area contributed by atoms with Crippen LogP contribution in [0.3, 0.4) is 0 Å². The van der Waals surface area contributed by atoms with Crippen molar-refractivity contribution in [3.05, 3.63) is 69.0 Å². The van der Waals surface area contributed by atoms with Gasteiger partial charge < -0.3 is 5.32 Å². The van der Waals surface area contributed by atoms with Crippen LogP contribution in [0.15, 0.2) is 36.4 Å². The van der Waals surface area contributed by atoms with Crippen LogP contribution in [0.4, 0.5) is 5.69 Å². The molecule has 0 atom stereocenters. The van der Waals surface area contributed by atoms with Crippen molar-refractivity contribution in [2.45, 2.75) is 20.8 Å². The molecule has 5 nitrogen and oxygen atoms in total. The Labute approximate surface area is 155 Å². The smallest absolute Gasteiger partial charge is 0.278 e. The Kier molecular flexibility index (Phi) is 4.79. The van der Waals surface area contributed by atoms with Gasteiger partial charge in [-0.2, -0.15) is 0 Å². The number of aryl methyl sites for hydroxylation is 2. The van der Waals surface area contributed by atoms with Crippen LogP contribution in [-0.2, 0) is 0 Å². The highest BCUT2D eigenvalue weighted by Gasteiger charge is 2.19. The summed E-state index contributed by atoms with van der Waals surface area (Å²) in [4.78, 5) is 12.6. The van der Waals surface area contributed by atoms with Gasteiger partial charge in [0.15, 0.2) is 5.69 Å². The van der Waals surface area contributed by atoms with Crippen molar-refractivity contribution in [2.24, 2.45) is 0 Å².